The third kappa shape index (κ3) is 7.12. The molecule has 1 atom stereocenters. The molecule has 0 aliphatic heterocycles. The highest BCUT2D eigenvalue weighted by Crippen LogP contribution is 2.18. The van der Waals surface area contributed by atoms with Gasteiger partial charge in [-0.1, -0.05) is 0 Å². The Labute approximate surface area is 196 Å². The van der Waals surface area contributed by atoms with Crippen molar-refractivity contribution >= 4 is 33.4 Å². The fourth-order valence-corrected chi connectivity index (χ4v) is 3.82. The van der Waals surface area contributed by atoms with E-state index < -0.39 is 22.1 Å². The molecular weight excluding hydrogens is 465 g/mol. The molecule has 12 heteroatoms. The summed E-state index contributed by atoms with van der Waals surface area (Å²) in [7, 11) is -3.78. The highest BCUT2D eigenvalue weighted by molar-refractivity contribution is 7.89. The number of rotatable bonds is 11. The van der Waals surface area contributed by atoms with Crippen molar-refractivity contribution in [2.24, 2.45) is 0 Å². The van der Waals surface area contributed by atoms with Gasteiger partial charge >= 0.3 is 5.97 Å². The number of hydrogen-bond acceptors (Lipinski definition) is 8. The molecule has 0 aliphatic carbocycles. The Balaban J connectivity index is 1.53. The van der Waals surface area contributed by atoms with Gasteiger partial charge in [-0.15, -0.1) is 0 Å². The molecule has 10 nitrogen and oxygen atoms in total. The van der Waals surface area contributed by atoms with Gasteiger partial charge in [0.05, 0.1) is 4.90 Å². The quantitative estimate of drug-likeness (QED) is 0.299. The van der Waals surface area contributed by atoms with Crippen LogP contribution >= 0.6 is 0 Å². The topological polar surface area (TPSA) is 143 Å². The standard InChI is InChI=1S/C22H24FN5O5S/c1-14-13-20(27-17-5-3-16(23)4-6-17)28-22(26-14)24-11-12-25-34(31,32)19-9-7-18(8-10-19)33-15(2)21(29)30/h3-10,13,15,25H,11-12H2,1-2H3,(H,29,30)(H2,24,26,27,28)/t15-/m0/s1. The van der Waals surface area contributed by atoms with Crippen LogP contribution in [0.15, 0.2) is 59.5 Å². The maximum absolute atomic E-state index is 13.1. The van der Waals surface area contributed by atoms with E-state index in [1.165, 1.54) is 43.3 Å². The van der Waals surface area contributed by atoms with Crippen molar-refractivity contribution in [3.63, 3.8) is 0 Å². The largest absolute Gasteiger partial charge is 0.479 e. The van der Waals surface area contributed by atoms with Gasteiger partial charge in [0.2, 0.25) is 16.0 Å². The molecule has 34 heavy (non-hydrogen) atoms. The van der Waals surface area contributed by atoms with Crippen LogP contribution in [-0.2, 0) is 14.8 Å². The van der Waals surface area contributed by atoms with E-state index >= 15 is 0 Å². The van der Waals surface area contributed by atoms with E-state index in [1.54, 1.807) is 25.1 Å². The highest BCUT2D eigenvalue weighted by atomic mass is 32.2. The number of aliphatic carboxylic acids is 1. The first-order valence-corrected chi connectivity index (χ1v) is 11.7. The predicted octanol–water partition coefficient (Wildman–Crippen LogP) is 2.91. The molecule has 1 aromatic heterocycles. The van der Waals surface area contributed by atoms with E-state index in [4.69, 9.17) is 9.84 Å². The zero-order valence-corrected chi connectivity index (χ0v) is 19.3. The van der Waals surface area contributed by atoms with Gasteiger partial charge in [0.1, 0.15) is 17.4 Å². The average Bonchev–Trinajstić information content (AvgIpc) is 2.78. The first-order chi connectivity index (χ1) is 16.1. The molecule has 0 aliphatic rings. The first-order valence-electron chi connectivity index (χ1n) is 10.2. The average molecular weight is 490 g/mol. The lowest BCUT2D eigenvalue weighted by Gasteiger charge is -2.12. The molecule has 3 rings (SSSR count). The molecule has 0 unspecified atom stereocenters. The smallest absolute Gasteiger partial charge is 0.344 e. The molecule has 0 fully saturated rings. The van der Waals surface area contributed by atoms with Crippen molar-refractivity contribution < 1.29 is 27.4 Å². The van der Waals surface area contributed by atoms with Gasteiger partial charge in [0.15, 0.2) is 6.10 Å². The second-order valence-electron chi connectivity index (χ2n) is 7.24. The lowest BCUT2D eigenvalue weighted by Crippen LogP contribution is -2.29. The third-order valence-electron chi connectivity index (χ3n) is 4.47. The maximum atomic E-state index is 13.1. The normalized spacial score (nSPS) is 12.1. The number of aryl methyl sites for hydroxylation is 1. The lowest BCUT2D eigenvalue weighted by molar-refractivity contribution is -0.144. The SMILES string of the molecule is Cc1cc(Nc2ccc(F)cc2)nc(NCCNS(=O)(=O)c2ccc(O[C@@H](C)C(=O)O)cc2)n1. The first kappa shape index (κ1) is 24.9. The van der Waals surface area contributed by atoms with Crippen molar-refractivity contribution in [1.29, 1.82) is 0 Å². The van der Waals surface area contributed by atoms with Crippen molar-refractivity contribution in [3.8, 4) is 5.75 Å². The van der Waals surface area contributed by atoms with E-state index in [9.17, 15) is 17.6 Å². The van der Waals surface area contributed by atoms with Crippen molar-refractivity contribution in [3.05, 3.63) is 66.1 Å². The number of sulfonamides is 1. The molecule has 1 heterocycles. The number of nitrogens with one attached hydrogen (secondary N) is 3. The molecular formula is C22H24FN5O5S. The van der Waals surface area contributed by atoms with Gasteiger partial charge in [0, 0.05) is 30.5 Å². The van der Waals surface area contributed by atoms with E-state index in [-0.39, 0.29) is 29.6 Å². The molecule has 180 valence electrons. The summed E-state index contributed by atoms with van der Waals surface area (Å²) in [6, 6.07) is 13.0. The summed E-state index contributed by atoms with van der Waals surface area (Å²) < 4.78 is 45.7. The molecule has 2 aromatic carbocycles. The fourth-order valence-electron chi connectivity index (χ4n) is 2.79. The van der Waals surface area contributed by atoms with Crippen molar-refractivity contribution in [1.82, 2.24) is 14.7 Å². The summed E-state index contributed by atoms with van der Waals surface area (Å²) in [6.45, 7) is 3.45. The number of carbonyl (C=O) groups is 1. The summed E-state index contributed by atoms with van der Waals surface area (Å²) in [5.74, 6) is -0.412. The maximum Gasteiger partial charge on any atom is 0.344 e. The molecule has 3 aromatic rings. The van der Waals surface area contributed by atoms with Crippen LogP contribution < -0.4 is 20.1 Å². The van der Waals surface area contributed by atoms with E-state index in [0.717, 1.165) is 0 Å². The number of halogens is 1. The summed E-state index contributed by atoms with van der Waals surface area (Å²) in [4.78, 5) is 19.5. The van der Waals surface area contributed by atoms with Crippen LogP contribution in [0.4, 0.5) is 21.8 Å². The zero-order valence-electron chi connectivity index (χ0n) is 18.4. The monoisotopic (exact) mass is 489 g/mol. The Morgan fingerprint density at radius 2 is 1.76 bits per heavy atom. The van der Waals surface area contributed by atoms with E-state index in [0.29, 0.717) is 23.1 Å². The van der Waals surface area contributed by atoms with Gasteiger partial charge in [-0.25, -0.2) is 27.3 Å². The minimum absolute atomic E-state index is 0.0143. The molecule has 0 spiro atoms. The third-order valence-corrected chi connectivity index (χ3v) is 5.94. The second-order valence-corrected chi connectivity index (χ2v) is 9.01. The summed E-state index contributed by atoms with van der Waals surface area (Å²) >= 11 is 0. The Morgan fingerprint density at radius 1 is 1.09 bits per heavy atom. The van der Waals surface area contributed by atoms with Gasteiger partial charge in [0.25, 0.3) is 0 Å². The number of hydrogen-bond donors (Lipinski definition) is 4. The van der Waals surface area contributed by atoms with Crippen LogP contribution in [0.1, 0.15) is 12.6 Å². The van der Waals surface area contributed by atoms with Crippen LogP contribution in [-0.4, -0.2) is 48.7 Å². The van der Waals surface area contributed by atoms with E-state index in [2.05, 4.69) is 25.3 Å². The highest BCUT2D eigenvalue weighted by Gasteiger charge is 2.16. The number of nitrogens with zero attached hydrogens (tertiary/aromatic N) is 2. The number of ether oxygens (including phenoxy) is 1. The van der Waals surface area contributed by atoms with E-state index in [1.807, 2.05) is 0 Å². The van der Waals surface area contributed by atoms with Crippen LogP contribution in [0.5, 0.6) is 5.75 Å². The number of aromatic nitrogens is 2. The fraction of sp³-hybridized carbons (Fsp3) is 0.227. The number of carboxylic acids is 1. The van der Waals surface area contributed by atoms with Crippen LogP contribution in [0.3, 0.4) is 0 Å². The molecule has 0 saturated carbocycles. The van der Waals surface area contributed by atoms with Gasteiger partial charge in [-0.3, -0.25) is 0 Å². The Morgan fingerprint density at radius 3 is 2.41 bits per heavy atom. The summed E-state index contributed by atoms with van der Waals surface area (Å²) in [5, 5.41) is 14.9. The Bertz CT molecular complexity index is 1240. The molecule has 0 saturated heterocycles. The number of anilines is 3. The van der Waals surface area contributed by atoms with Gasteiger partial charge < -0.3 is 20.5 Å². The minimum Gasteiger partial charge on any atom is -0.479 e. The lowest BCUT2D eigenvalue weighted by atomic mass is 10.3. The number of benzene rings is 2. The Kier molecular flexibility index (Phi) is 7.97. The Hall–Kier alpha value is -3.77. The van der Waals surface area contributed by atoms with Gasteiger partial charge in [-0.05, 0) is 62.4 Å². The predicted molar refractivity (Wildman–Crippen MR) is 124 cm³/mol. The van der Waals surface area contributed by atoms with Crippen molar-refractivity contribution in [2.45, 2.75) is 24.8 Å². The van der Waals surface area contributed by atoms with Crippen molar-refractivity contribution in [2.75, 3.05) is 23.7 Å². The molecule has 0 bridgehead atoms. The van der Waals surface area contributed by atoms with Crippen LogP contribution in [0, 0.1) is 12.7 Å². The molecule has 0 radical (unpaired) electrons. The molecule has 4 N–H and O–H groups in total. The summed E-state index contributed by atoms with van der Waals surface area (Å²) in [6.07, 6.45) is -1.05. The summed E-state index contributed by atoms with van der Waals surface area (Å²) in [5.41, 5.74) is 1.34. The van der Waals surface area contributed by atoms with Crippen LogP contribution in [0.2, 0.25) is 0 Å². The number of carboxylic acid groups (broad SMARTS) is 1. The van der Waals surface area contributed by atoms with Crippen LogP contribution in [0.25, 0.3) is 0 Å². The van der Waals surface area contributed by atoms with Gasteiger partial charge in [-0.2, -0.15) is 4.98 Å². The second kappa shape index (κ2) is 10.9. The molecule has 0 amide bonds. The zero-order chi connectivity index (χ0) is 24.7. The minimum atomic E-state index is -3.78.